The molecule has 0 aromatic rings. The summed E-state index contributed by atoms with van der Waals surface area (Å²) in [4.78, 5) is 13.4. The van der Waals surface area contributed by atoms with E-state index in [4.69, 9.17) is 5.11 Å². The van der Waals surface area contributed by atoms with Gasteiger partial charge in [0.05, 0.1) is 5.92 Å². The van der Waals surface area contributed by atoms with Gasteiger partial charge >= 0.3 is 5.97 Å². The third-order valence-electron chi connectivity index (χ3n) is 4.41. The topological polar surface area (TPSA) is 40.5 Å². The Morgan fingerprint density at radius 2 is 2.00 bits per heavy atom. The van der Waals surface area contributed by atoms with Crippen molar-refractivity contribution in [1.82, 2.24) is 4.90 Å². The van der Waals surface area contributed by atoms with Crippen LogP contribution in [0.25, 0.3) is 0 Å². The monoisotopic (exact) mass is 269 g/mol. The molecule has 19 heavy (non-hydrogen) atoms. The molecule has 0 spiro atoms. The van der Waals surface area contributed by atoms with Crippen molar-refractivity contribution in [3.05, 3.63) is 0 Å². The number of carboxylic acids is 1. The first-order valence-corrected chi connectivity index (χ1v) is 7.90. The van der Waals surface area contributed by atoms with E-state index in [9.17, 15) is 4.79 Å². The predicted octanol–water partition coefficient (Wildman–Crippen LogP) is 3.63. The number of aliphatic carboxylic acids is 1. The lowest BCUT2D eigenvalue weighted by molar-refractivity contribution is -0.142. The zero-order valence-electron chi connectivity index (χ0n) is 13.1. The Kier molecular flexibility index (Phi) is 6.84. The van der Waals surface area contributed by atoms with Crippen molar-refractivity contribution < 1.29 is 9.90 Å². The summed E-state index contributed by atoms with van der Waals surface area (Å²) in [7, 11) is 0. The van der Waals surface area contributed by atoms with E-state index in [1.165, 1.54) is 32.1 Å². The van der Waals surface area contributed by atoms with Gasteiger partial charge in [-0.25, -0.2) is 0 Å². The van der Waals surface area contributed by atoms with Crippen molar-refractivity contribution in [3.63, 3.8) is 0 Å². The summed E-state index contributed by atoms with van der Waals surface area (Å²) in [6.07, 6.45) is 6.50. The summed E-state index contributed by atoms with van der Waals surface area (Å²) in [5.74, 6) is 0.683. The molecule has 3 nitrogen and oxygen atoms in total. The fourth-order valence-corrected chi connectivity index (χ4v) is 3.44. The van der Waals surface area contributed by atoms with E-state index in [1.54, 1.807) is 0 Å². The maximum absolute atomic E-state index is 11.0. The van der Waals surface area contributed by atoms with Crippen LogP contribution in [-0.4, -0.2) is 35.1 Å². The number of hydrogen-bond donors (Lipinski definition) is 1. The molecule has 1 rings (SSSR count). The maximum Gasteiger partial charge on any atom is 0.307 e. The summed E-state index contributed by atoms with van der Waals surface area (Å²) in [6, 6.07) is 0.601. The van der Waals surface area contributed by atoms with Crippen LogP contribution in [0.15, 0.2) is 0 Å². The summed E-state index contributed by atoms with van der Waals surface area (Å²) < 4.78 is 0. The Hall–Kier alpha value is -0.570. The molecule has 3 unspecified atom stereocenters. The fourth-order valence-electron chi connectivity index (χ4n) is 3.44. The molecule has 1 aliphatic carbocycles. The van der Waals surface area contributed by atoms with Gasteiger partial charge in [0.25, 0.3) is 0 Å². The molecule has 1 fully saturated rings. The van der Waals surface area contributed by atoms with Crippen LogP contribution in [0.2, 0.25) is 0 Å². The first kappa shape index (κ1) is 16.5. The van der Waals surface area contributed by atoms with Gasteiger partial charge in [-0.05, 0) is 37.6 Å². The largest absolute Gasteiger partial charge is 0.481 e. The number of hydrogen-bond acceptors (Lipinski definition) is 2. The van der Waals surface area contributed by atoms with Crippen LogP contribution in [0.3, 0.4) is 0 Å². The molecule has 112 valence electrons. The van der Waals surface area contributed by atoms with Crippen molar-refractivity contribution in [2.75, 3.05) is 13.1 Å². The lowest BCUT2D eigenvalue weighted by atomic mass is 9.80. The van der Waals surface area contributed by atoms with E-state index < -0.39 is 5.97 Å². The number of nitrogens with zero attached hydrogens (tertiary/aromatic N) is 1. The molecule has 3 heteroatoms. The quantitative estimate of drug-likeness (QED) is 0.767. The average Bonchev–Trinajstić information content (AvgIpc) is 2.34. The molecule has 0 aliphatic heterocycles. The molecular weight excluding hydrogens is 238 g/mol. The molecule has 0 bridgehead atoms. The molecule has 1 N–H and O–H groups in total. The van der Waals surface area contributed by atoms with Crippen molar-refractivity contribution in [2.45, 2.75) is 65.8 Å². The van der Waals surface area contributed by atoms with Gasteiger partial charge in [0.15, 0.2) is 0 Å². The number of carboxylic acid groups (broad SMARTS) is 1. The first-order valence-electron chi connectivity index (χ1n) is 7.90. The van der Waals surface area contributed by atoms with E-state index >= 15 is 0 Å². The highest BCUT2D eigenvalue weighted by atomic mass is 16.4. The third-order valence-corrected chi connectivity index (χ3v) is 4.41. The Balaban J connectivity index is 2.52. The molecule has 0 heterocycles. The second kappa shape index (κ2) is 7.88. The Labute approximate surface area is 118 Å². The van der Waals surface area contributed by atoms with Gasteiger partial charge in [0.1, 0.15) is 0 Å². The number of carbonyl (C=O) groups is 1. The molecular formula is C16H31NO2. The van der Waals surface area contributed by atoms with Crippen molar-refractivity contribution >= 4 is 5.97 Å². The van der Waals surface area contributed by atoms with Crippen molar-refractivity contribution in [3.8, 4) is 0 Å². The highest BCUT2D eigenvalue weighted by molar-refractivity contribution is 5.69. The summed E-state index contributed by atoms with van der Waals surface area (Å²) >= 11 is 0. The molecule has 1 saturated carbocycles. The lowest BCUT2D eigenvalue weighted by Crippen LogP contribution is -2.42. The van der Waals surface area contributed by atoms with E-state index in [0.717, 1.165) is 18.4 Å². The Morgan fingerprint density at radius 3 is 2.53 bits per heavy atom. The van der Waals surface area contributed by atoms with Crippen LogP contribution >= 0.6 is 0 Å². The molecule has 0 radical (unpaired) electrons. The van der Waals surface area contributed by atoms with Crippen molar-refractivity contribution in [2.24, 2.45) is 17.8 Å². The average molecular weight is 269 g/mol. The van der Waals surface area contributed by atoms with Crippen LogP contribution in [-0.2, 0) is 4.79 Å². The smallest absolute Gasteiger partial charge is 0.307 e. The Morgan fingerprint density at radius 1 is 1.32 bits per heavy atom. The minimum atomic E-state index is -0.673. The number of rotatable bonds is 7. The van der Waals surface area contributed by atoms with Crippen LogP contribution in [0.1, 0.15) is 59.8 Å². The van der Waals surface area contributed by atoms with Crippen LogP contribution in [0.5, 0.6) is 0 Å². The highest BCUT2D eigenvalue weighted by Gasteiger charge is 2.28. The minimum absolute atomic E-state index is 0.259. The predicted molar refractivity (Wildman–Crippen MR) is 79.2 cm³/mol. The van der Waals surface area contributed by atoms with Gasteiger partial charge in [-0.2, -0.15) is 0 Å². The zero-order valence-corrected chi connectivity index (χ0v) is 13.1. The molecule has 3 atom stereocenters. The van der Waals surface area contributed by atoms with Crippen LogP contribution < -0.4 is 0 Å². The molecule has 1 aliphatic rings. The lowest BCUT2D eigenvalue weighted by Gasteiger charge is -2.38. The molecule has 0 aromatic heterocycles. The first-order chi connectivity index (χ1) is 8.93. The molecule has 0 amide bonds. The van der Waals surface area contributed by atoms with Gasteiger partial charge in [-0.15, -0.1) is 0 Å². The van der Waals surface area contributed by atoms with Gasteiger partial charge in [0.2, 0.25) is 0 Å². The SMILES string of the molecule is CCN(CC(C)C(=O)O)C1CCCC(CC(C)C)C1. The van der Waals surface area contributed by atoms with Gasteiger partial charge < -0.3 is 5.11 Å². The zero-order chi connectivity index (χ0) is 14.4. The summed E-state index contributed by atoms with van der Waals surface area (Å²) in [5, 5.41) is 9.07. The van der Waals surface area contributed by atoms with E-state index in [1.807, 2.05) is 6.92 Å². The standard InChI is InChI=1S/C16H31NO2/c1-5-17(11-13(4)16(18)19)15-8-6-7-14(10-15)9-12(2)3/h12-15H,5-11H2,1-4H3,(H,18,19). The van der Waals surface area contributed by atoms with E-state index in [-0.39, 0.29) is 5.92 Å². The second-order valence-electron chi connectivity index (χ2n) is 6.64. The Bertz CT molecular complexity index is 278. The molecule has 0 saturated heterocycles. The van der Waals surface area contributed by atoms with Gasteiger partial charge in [-0.3, -0.25) is 9.69 Å². The van der Waals surface area contributed by atoms with Crippen molar-refractivity contribution in [1.29, 1.82) is 0 Å². The van der Waals surface area contributed by atoms with Gasteiger partial charge in [0, 0.05) is 12.6 Å². The highest BCUT2D eigenvalue weighted by Crippen LogP contribution is 2.32. The fraction of sp³-hybridized carbons (Fsp3) is 0.938. The molecule has 0 aromatic carbocycles. The second-order valence-corrected chi connectivity index (χ2v) is 6.64. The summed E-state index contributed by atoms with van der Waals surface area (Å²) in [5.41, 5.74) is 0. The minimum Gasteiger partial charge on any atom is -0.481 e. The van der Waals surface area contributed by atoms with E-state index in [0.29, 0.717) is 12.6 Å². The normalized spacial score (nSPS) is 25.8. The third kappa shape index (κ3) is 5.52. The van der Waals surface area contributed by atoms with E-state index in [2.05, 4.69) is 25.7 Å². The van der Waals surface area contributed by atoms with Gasteiger partial charge in [-0.1, -0.05) is 40.5 Å². The van der Waals surface area contributed by atoms with Crippen LogP contribution in [0, 0.1) is 17.8 Å². The van der Waals surface area contributed by atoms with Crippen LogP contribution in [0.4, 0.5) is 0 Å². The maximum atomic E-state index is 11.0. The summed E-state index contributed by atoms with van der Waals surface area (Å²) in [6.45, 7) is 10.2.